The Kier molecular flexibility index (Phi) is 4.42. The van der Waals surface area contributed by atoms with E-state index in [4.69, 9.17) is 0 Å². The molecule has 2 heteroatoms. The molecule has 2 aromatic carbocycles. The van der Waals surface area contributed by atoms with Crippen LogP contribution in [0.25, 0.3) is 6.08 Å². The average molecular weight is 242 g/mol. The van der Waals surface area contributed by atoms with Gasteiger partial charge in [0.05, 0.1) is 0 Å². The fraction of sp³-hybridized carbons (Fsp3) is 0.0667. The molecule has 1 nitrogen and oxygen atoms in total. The molecule has 0 heterocycles. The van der Waals surface area contributed by atoms with E-state index in [1.807, 2.05) is 66.7 Å². The Morgan fingerprint density at radius 2 is 1.47 bits per heavy atom. The van der Waals surface area contributed by atoms with Crippen LogP contribution >= 0.6 is 0 Å². The molecule has 1 atom stereocenters. The summed E-state index contributed by atoms with van der Waals surface area (Å²) < 4.78 is 11.8. The van der Waals surface area contributed by atoms with Gasteiger partial charge in [-0.05, 0) is 22.8 Å². The van der Waals surface area contributed by atoms with Crippen molar-refractivity contribution in [2.45, 2.75) is 5.75 Å². The molecular weight excluding hydrogens is 228 g/mol. The molecule has 0 amide bonds. The van der Waals surface area contributed by atoms with Crippen molar-refractivity contribution in [1.29, 1.82) is 0 Å². The molecule has 1 unspecified atom stereocenters. The van der Waals surface area contributed by atoms with Crippen LogP contribution < -0.4 is 0 Å². The molecule has 2 rings (SSSR count). The molecular formula is C15H14OS. The van der Waals surface area contributed by atoms with E-state index < -0.39 is 11.2 Å². The topological polar surface area (TPSA) is 23.1 Å². The van der Waals surface area contributed by atoms with E-state index in [-0.39, 0.29) is 0 Å². The van der Waals surface area contributed by atoms with Crippen molar-refractivity contribution in [3.05, 3.63) is 77.2 Å². The highest BCUT2D eigenvalue weighted by Crippen LogP contribution is 2.09. The Morgan fingerprint density at radius 3 is 2.12 bits per heavy atom. The van der Waals surface area contributed by atoms with Gasteiger partial charge in [-0.15, -0.1) is 0 Å². The van der Waals surface area contributed by atoms with Gasteiger partial charge in [0.25, 0.3) is 0 Å². The van der Waals surface area contributed by atoms with Gasteiger partial charge in [0.1, 0.15) is 11.2 Å². The monoisotopic (exact) mass is 242 g/mol. The standard InChI is InChI=1S/C15H14OS/c16-17(13-15-9-5-2-6-10-15)12-11-14-7-3-1-4-8-14/h1-12H,13H2/b12-11+. The van der Waals surface area contributed by atoms with Crippen molar-refractivity contribution in [1.82, 2.24) is 0 Å². The van der Waals surface area contributed by atoms with Crippen LogP contribution in [0.2, 0.25) is 0 Å². The fourth-order valence-electron chi connectivity index (χ4n) is 1.51. The predicted octanol–water partition coefficient (Wildman–Crippen LogP) is 3.61. The lowest BCUT2D eigenvalue weighted by Gasteiger charge is -2.05. The zero-order chi connectivity index (χ0) is 11.9. The van der Waals surface area contributed by atoms with Gasteiger partial charge in [0.2, 0.25) is 0 Å². The molecule has 0 aromatic heterocycles. The summed E-state index contributed by atoms with van der Waals surface area (Å²) in [6, 6.07) is 19.8. The van der Waals surface area contributed by atoms with Gasteiger partial charge in [-0.25, -0.2) is 0 Å². The minimum atomic E-state index is -0.952. The fourth-order valence-corrected chi connectivity index (χ4v) is 2.43. The highest BCUT2D eigenvalue weighted by molar-refractivity contribution is 7.93. The molecule has 0 aliphatic carbocycles. The number of hydrogen-bond donors (Lipinski definition) is 0. The molecule has 0 spiro atoms. The first-order chi connectivity index (χ1) is 8.34. The summed E-state index contributed by atoms with van der Waals surface area (Å²) in [6.07, 6.45) is 1.90. The molecule has 0 bridgehead atoms. The predicted molar refractivity (Wildman–Crippen MR) is 73.8 cm³/mol. The zero-order valence-corrected chi connectivity index (χ0v) is 10.3. The lowest BCUT2D eigenvalue weighted by atomic mass is 10.2. The summed E-state index contributed by atoms with van der Waals surface area (Å²) in [5, 5.41) is 1.75. The largest absolute Gasteiger partial charge is 0.612 e. The first-order valence-electron chi connectivity index (χ1n) is 5.49. The summed E-state index contributed by atoms with van der Waals surface area (Å²) in [7, 11) is 0. The minimum Gasteiger partial charge on any atom is -0.612 e. The molecule has 0 saturated heterocycles. The molecule has 0 saturated carbocycles. The molecule has 0 aliphatic rings. The SMILES string of the molecule is [O-][S+](/C=C/c1ccccc1)Cc1ccccc1. The van der Waals surface area contributed by atoms with Gasteiger partial charge in [-0.3, -0.25) is 0 Å². The highest BCUT2D eigenvalue weighted by atomic mass is 32.2. The number of rotatable bonds is 4. The van der Waals surface area contributed by atoms with Gasteiger partial charge in [0, 0.05) is 5.56 Å². The summed E-state index contributed by atoms with van der Waals surface area (Å²) in [5.74, 6) is 0.574. The molecule has 17 heavy (non-hydrogen) atoms. The normalized spacial score (nSPS) is 12.8. The van der Waals surface area contributed by atoms with Crippen LogP contribution in [0.15, 0.2) is 66.1 Å². The van der Waals surface area contributed by atoms with E-state index in [1.165, 1.54) is 0 Å². The molecule has 0 aliphatic heterocycles. The second-order valence-electron chi connectivity index (χ2n) is 3.72. The van der Waals surface area contributed by atoms with E-state index in [1.54, 1.807) is 5.41 Å². The van der Waals surface area contributed by atoms with Crippen molar-refractivity contribution in [2.75, 3.05) is 0 Å². The maximum atomic E-state index is 11.8. The number of hydrogen-bond acceptors (Lipinski definition) is 1. The number of benzene rings is 2. The Hall–Kier alpha value is -1.51. The van der Waals surface area contributed by atoms with Gasteiger partial charge in [-0.2, -0.15) is 0 Å². The van der Waals surface area contributed by atoms with E-state index >= 15 is 0 Å². The first kappa shape index (κ1) is 12.0. The third kappa shape index (κ3) is 4.10. The Labute approximate surface area is 105 Å². The van der Waals surface area contributed by atoms with Crippen LogP contribution in [0, 0.1) is 0 Å². The molecule has 0 N–H and O–H groups in total. The third-order valence-corrected chi connectivity index (χ3v) is 3.42. The van der Waals surface area contributed by atoms with Crippen LogP contribution in [-0.2, 0) is 16.9 Å². The van der Waals surface area contributed by atoms with Gasteiger partial charge >= 0.3 is 0 Å². The van der Waals surface area contributed by atoms with E-state index in [9.17, 15) is 4.55 Å². The van der Waals surface area contributed by atoms with E-state index in [0.717, 1.165) is 11.1 Å². The first-order valence-corrected chi connectivity index (χ1v) is 6.87. The van der Waals surface area contributed by atoms with Gasteiger partial charge in [0.15, 0.2) is 0 Å². The Morgan fingerprint density at radius 1 is 0.882 bits per heavy atom. The average Bonchev–Trinajstić information content (AvgIpc) is 2.39. The summed E-state index contributed by atoms with van der Waals surface area (Å²) in [5.41, 5.74) is 2.18. The zero-order valence-electron chi connectivity index (χ0n) is 9.45. The molecule has 86 valence electrons. The van der Waals surface area contributed by atoms with E-state index in [2.05, 4.69) is 0 Å². The summed E-state index contributed by atoms with van der Waals surface area (Å²) in [6.45, 7) is 0. The summed E-state index contributed by atoms with van der Waals surface area (Å²) >= 11 is -0.952. The van der Waals surface area contributed by atoms with Crippen LogP contribution in [0.3, 0.4) is 0 Å². The Bertz CT molecular complexity index is 465. The summed E-state index contributed by atoms with van der Waals surface area (Å²) in [4.78, 5) is 0. The van der Waals surface area contributed by atoms with Gasteiger partial charge < -0.3 is 4.55 Å². The van der Waals surface area contributed by atoms with Crippen molar-refractivity contribution in [2.24, 2.45) is 0 Å². The highest BCUT2D eigenvalue weighted by Gasteiger charge is 2.02. The van der Waals surface area contributed by atoms with Crippen LogP contribution in [-0.4, -0.2) is 4.55 Å². The maximum Gasteiger partial charge on any atom is 0.135 e. The Balaban J connectivity index is 1.94. The van der Waals surface area contributed by atoms with Crippen LogP contribution in [0.4, 0.5) is 0 Å². The molecule has 0 fully saturated rings. The second-order valence-corrected chi connectivity index (χ2v) is 5.05. The van der Waals surface area contributed by atoms with E-state index in [0.29, 0.717) is 5.75 Å². The quantitative estimate of drug-likeness (QED) is 0.751. The lowest BCUT2D eigenvalue weighted by Crippen LogP contribution is -1.99. The maximum absolute atomic E-state index is 11.8. The molecule has 2 aromatic rings. The smallest absolute Gasteiger partial charge is 0.135 e. The van der Waals surface area contributed by atoms with Crippen molar-refractivity contribution in [3.63, 3.8) is 0 Å². The van der Waals surface area contributed by atoms with Gasteiger partial charge in [-0.1, -0.05) is 60.7 Å². The van der Waals surface area contributed by atoms with Crippen molar-refractivity contribution in [3.8, 4) is 0 Å². The third-order valence-electron chi connectivity index (χ3n) is 2.36. The second kappa shape index (κ2) is 6.28. The van der Waals surface area contributed by atoms with Crippen LogP contribution in [0.1, 0.15) is 11.1 Å². The minimum absolute atomic E-state index is 0.574. The van der Waals surface area contributed by atoms with Crippen molar-refractivity contribution >= 4 is 17.3 Å². The lowest BCUT2D eigenvalue weighted by molar-refractivity contribution is 0.603. The van der Waals surface area contributed by atoms with Crippen molar-refractivity contribution < 1.29 is 4.55 Å². The molecule has 0 radical (unpaired) electrons. The van der Waals surface area contributed by atoms with Crippen LogP contribution in [0.5, 0.6) is 0 Å².